The van der Waals surface area contributed by atoms with Crippen molar-refractivity contribution in [3.8, 4) is 0 Å². The van der Waals surface area contributed by atoms with Crippen molar-refractivity contribution < 1.29 is 24.1 Å². The number of hydrogen-bond donors (Lipinski definition) is 1. The molecule has 5 aliphatic rings. The molecule has 0 spiro atoms. The zero-order valence-corrected chi connectivity index (χ0v) is 39.9. The Morgan fingerprint density at radius 3 is 1.48 bits per heavy atom. The van der Waals surface area contributed by atoms with Crippen LogP contribution in [-0.4, -0.2) is 60.8 Å². The molecule has 0 bridgehead atoms. The summed E-state index contributed by atoms with van der Waals surface area (Å²) >= 11 is 1.68. The molecule has 0 saturated heterocycles. The van der Waals surface area contributed by atoms with Crippen LogP contribution in [0.25, 0.3) is 0 Å². The van der Waals surface area contributed by atoms with Crippen molar-refractivity contribution in [3.05, 3.63) is 0 Å². The van der Waals surface area contributed by atoms with Crippen molar-refractivity contribution in [1.29, 1.82) is 0 Å². The Labute approximate surface area is 339 Å². The highest BCUT2D eigenvalue weighted by Crippen LogP contribution is 2.18. The van der Waals surface area contributed by atoms with Crippen molar-refractivity contribution in [1.82, 2.24) is 5.48 Å². The summed E-state index contributed by atoms with van der Waals surface area (Å²) in [7, 11) is 0. The highest BCUT2D eigenvalue weighted by atomic mass is 32.2. The van der Waals surface area contributed by atoms with Crippen LogP contribution in [0, 0.1) is 29.6 Å². The number of nitrogens with one attached hydrogen (secondary N) is 1. The molecular weight excluding hydrogens is 701 g/mol. The van der Waals surface area contributed by atoms with E-state index >= 15 is 0 Å². The van der Waals surface area contributed by atoms with E-state index in [2.05, 4.69) is 91.2 Å². The first-order valence-electron chi connectivity index (χ1n) is 21.3. The lowest BCUT2D eigenvalue weighted by Crippen LogP contribution is -2.21. The monoisotopic (exact) mass is 791 g/mol. The maximum atomic E-state index is 5.06. The molecule has 5 rings (SSSR count). The fraction of sp³-hybridized carbons (Fsp3) is 0.881. The van der Waals surface area contributed by atoms with Crippen LogP contribution >= 0.6 is 11.8 Å². The number of nitrogens with zero attached hydrogens (tertiary/aromatic N) is 5. The Morgan fingerprint density at radius 2 is 1.11 bits per heavy atom. The van der Waals surface area contributed by atoms with Crippen LogP contribution in [0.3, 0.4) is 0 Å². The van der Waals surface area contributed by atoms with Gasteiger partial charge in [-0.05, 0) is 55.5 Å². The summed E-state index contributed by atoms with van der Waals surface area (Å²) in [6.07, 6.45) is 8.79. The van der Waals surface area contributed by atoms with E-state index in [0.717, 1.165) is 36.9 Å². The van der Waals surface area contributed by atoms with Gasteiger partial charge in [-0.25, -0.2) is 4.99 Å². The summed E-state index contributed by atoms with van der Waals surface area (Å²) in [6.45, 7) is 43.8. The van der Waals surface area contributed by atoms with Gasteiger partial charge < -0.3 is 19.2 Å². The molecule has 0 aliphatic carbocycles. The van der Waals surface area contributed by atoms with Gasteiger partial charge in [0, 0.05) is 30.0 Å². The van der Waals surface area contributed by atoms with E-state index in [-0.39, 0.29) is 6.79 Å². The van der Waals surface area contributed by atoms with E-state index < -0.39 is 0 Å². The van der Waals surface area contributed by atoms with Gasteiger partial charge in [0.1, 0.15) is 17.5 Å². The second-order valence-electron chi connectivity index (χ2n) is 12.4. The standard InChI is InChI=1S/C9H17N.C8H15NO.C5H10N2O.C5H9NO2.C5H9NOS.5C2H6/c1-8(2)9-6-4-3-5-7-10-9;1-7(2)8-5-3-4-6-10-9-8;1-4(2)5-6-3-8-7-5;1-4(2)5-6-8-3-7-5;1-4(2)5-6-7-3-8-5;5*1-2/h8H,3-7H2,1-2H3;7H,3-6H2,1-2H3;4H,3H2,1-2H3,(H,6,7);2*4H,3H2,1-2H3;5*1-2H3. The van der Waals surface area contributed by atoms with E-state index in [9.17, 15) is 0 Å². The number of hydrogen-bond acceptors (Lipinski definition) is 12. The lowest BCUT2D eigenvalue weighted by Gasteiger charge is -2.05. The number of rotatable bonds is 5. The Kier molecular flexibility index (Phi) is 52.8. The maximum Gasteiger partial charge on any atom is 0.257 e. The van der Waals surface area contributed by atoms with Gasteiger partial charge in [0.25, 0.3) is 6.79 Å². The minimum Gasteiger partial charge on any atom is -0.439 e. The molecular formula is C42H90N6O5S. The topological polar surface area (TPSA) is 120 Å². The zero-order chi connectivity index (χ0) is 42.7. The third-order valence-electron chi connectivity index (χ3n) is 6.68. The molecule has 0 saturated carbocycles. The second-order valence-corrected chi connectivity index (χ2v) is 13.3. The van der Waals surface area contributed by atoms with Crippen LogP contribution in [0.2, 0.25) is 0 Å². The largest absolute Gasteiger partial charge is 0.439 e. The normalized spacial score (nSPS) is 16.1. The molecule has 0 aromatic heterocycles. The van der Waals surface area contributed by atoms with Crippen LogP contribution < -0.4 is 5.48 Å². The zero-order valence-electron chi connectivity index (χ0n) is 39.1. The Bertz CT molecular complexity index is 838. The number of ether oxygens (including phenoxy) is 1. The third kappa shape index (κ3) is 36.6. The summed E-state index contributed by atoms with van der Waals surface area (Å²) < 4.78 is 4.94. The number of thioether (sulfide) groups is 1. The number of amidine groups is 1. The van der Waals surface area contributed by atoms with Crippen molar-refractivity contribution >= 4 is 40.0 Å². The van der Waals surface area contributed by atoms with Crippen molar-refractivity contribution in [2.45, 2.75) is 183 Å². The fourth-order valence-corrected chi connectivity index (χ4v) is 4.56. The molecule has 54 heavy (non-hydrogen) atoms. The first-order chi connectivity index (χ1) is 26.0. The minimum atomic E-state index is 0.285. The average molecular weight is 791 g/mol. The number of aliphatic imine (C=N–C) groups is 2. The smallest absolute Gasteiger partial charge is 0.257 e. The second kappa shape index (κ2) is 46.8. The molecule has 5 aliphatic heterocycles. The summed E-state index contributed by atoms with van der Waals surface area (Å²) in [5, 5.41) is 12.6. The maximum absolute atomic E-state index is 5.06. The summed E-state index contributed by atoms with van der Waals surface area (Å²) in [5.74, 6) is 4.91. The molecule has 0 aromatic rings. The highest BCUT2D eigenvalue weighted by Gasteiger charge is 2.13. The molecule has 324 valence electrons. The third-order valence-corrected chi connectivity index (χ3v) is 7.74. The summed E-state index contributed by atoms with van der Waals surface area (Å²) in [4.78, 5) is 27.7. The molecule has 0 aromatic carbocycles. The summed E-state index contributed by atoms with van der Waals surface area (Å²) in [5.41, 5.74) is 5.37. The first kappa shape index (κ1) is 60.9. The Morgan fingerprint density at radius 1 is 0.537 bits per heavy atom. The fourth-order valence-electron chi connectivity index (χ4n) is 3.90. The quantitative estimate of drug-likeness (QED) is 0.294. The van der Waals surface area contributed by atoms with Gasteiger partial charge in [0.15, 0.2) is 12.7 Å². The molecule has 12 heteroatoms. The number of oxime groups is 3. The van der Waals surface area contributed by atoms with E-state index in [4.69, 9.17) is 19.2 Å². The lowest BCUT2D eigenvalue weighted by molar-refractivity contribution is 0.0569. The van der Waals surface area contributed by atoms with E-state index in [0.29, 0.717) is 48.2 Å². The van der Waals surface area contributed by atoms with E-state index in [1.807, 2.05) is 83.1 Å². The SMILES string of the molecule is CC.CC.CC.CC.CC.CC(C)C1=NCCCCC1.CC(C)C1=NCON1.CC(C)C1=NOCCCC1.CC(C)C1=NOCO1.CC(C)C1=NOCS1. The van der Waals surface area contributed by atoms with Gasteiger partial charge in [-0.2, -0.15) is 0 Å². The van der Waals surface area contributed by atoms with Crippen LogP contribution in [-0.2, 0) is 24.1 Å². The van der Waals surface area contributed by atoms with Crippen LogP contribution in [0.4, 0.5) is 0 Å². The lowest BCUT2D eigenvalue weighted by atomic mass is 10.0. The molecule has 0 fully saturated rings. The molecule has 1 N–H and O–H groups in total. The Hall–Kier alpha value is -2.34. The average Bonchev–Trinajstić information content (AvgIpc) is 3.98. The predicted octanol–water partition coefficient (Wildman–Crippen LogP) is 13.2. The van der Waals surface area contributed by atoms with Gasteiger partial charge in [0.05, 0.1) is 5.71 Å². The molecule has 0 amide bonds. The van der Waals surface area contributed by atoms with Gasteiger partial charge in [-0.1, -0.05) is 167 Å². The van der Waals surface area contributed by atoms with Crippen molar-refractivity contribution in [2.24, 2.45) is 55.0 Å². The number of hydroxylamine groups is 1. The van der Waals surface area contributed by atoms with Crippen molar-refractivity contribution in [3.63, 3.8) is 0 Å². The van der Waals surface area contributed by atoms with Gasteiger partial charge in [0.2, 0.25) is 5.90 Å². The minimum absolute atomic E-state index is 0.285. The van der Waals surface area contributed by atoms with Gasteiger partial charge >= 0.3 is 0 Å². The van der Waals surface area contributed by atoms with Crippen LogP contribution in [0.15, 0.2) is 25.5 Å². The highest BCUT2D eigenvalue weighted by molar-refractivity contribution is 8.14. The van der Waals surface area contributed by atoms with E-state index in [1.165, 1.54) is 43.5 Å². The summed E-state index contributed by atoms with van der Waals surface area (Å²) in [6, 6.07) is 0. The van der Waals surface area contributed by atoms with E-state index in [1.54, 1.807) is 11.8 Å². The van der Waals surface area contributed by atoms with Gasteiger partial charge in [-0.3, -0.25) is 15.3 Å². The van der Waals surface area contributed by atoms with Crippen molar-refractivity contribution in [2.75, 3.05) is 32.6 Å². The molecule has 0 radical (unpaired) electrons. The molecule has 5 heterocycles. The van der Waals surface area contributed by atoms with Crippen LogP contribution in [0.1, 0.15) is 183 Å². The molecule has 0 atom stereocenters. The van der Waals surface area contributed by atoms with Crippen LogP contribution in [0.5, 0.6) is 0 Å². The first-order valence-corrected chi connectivity index (χ1v) is 22.3. The van der Waals surface area contributed by atoms with Gasteiger partial charge in [-0.15, -0.1) is 0 Å². The Balaban J connectivity index is -0.000000175. The molecule has 0 unspecified atom stereocenters. The molecule has 11 nitrogen and oxygen atoms in total. The predicted molar refractivity (Wildman–Crippen MR) is 241 cm³/mol.